The molecule has 1 N–H and O–H groups in total. The number of nitrogens with one attached hydrogen (secondary N) is 1. The van der Waals surface area contributed by atoms with Gasteiger partial charge in [0.15, 0.2) is 11.5 Å². The molecule has 2 aromatic rings. The number of ether oxygens (including phenoxy) is 2. The molecular weight excluding hydrogens is 356 g/mol. The minimum absolute atomic E-state index is 0.181. The number of hydrogen-bond acceptors (Lipinski definition) is 5. The van der Waals surface area contributed by atoms with Crippen molar-refractivity contribution in [1.82, 2.24) is 9.62 Å². The fraction of sp³-hybridized carbons (Fsp3) is 0.278. The number of sulfonamides is 1. The van der Waals surface area contributed by atoms with Crippen molar-refractivity contribution in [2.75, 3.05) is 20.1 Å². The lowest BCUT2D eigenvalue weighted by atomic mass is 10.1. The Balaban J connectivity index is 1.77. The first-order chi connectivity index (χ1) is 12.4. The molecule has 0 saturated heterocycles. The van der Waals surface area contributed by atoms with Crippen molar-refractivity contribution in [3.05, 3.63) is 59.7 Å². The monoisotopic (exact) mass is 376 g/mol. The second kappa shape index (κ2) is 7.35. The highest BCUT2D eigenvalue weighted by molar-refractivity contribution is 7.88. The molecule has 3 rings (SSSR count). The molecule has 1 aliphatic heterocycles. The van der Waals surface area contributed by atoms with E-state index in [-0.39, 0.29) is 13.3 Å². The number of rotatable bonds is 6. The maximum Gasteiger partial charge on any atom is 0.243 e. The summed E-state index contributed by atoms with van der Waals surface area (Å²) in [5.41, 5.74) is 1.43. The summed E-state index contributed by atoms with van der Waals surface area (Å²) < 4.78 is 35.6. The summed E-state index contributed by atoms with van der Waals surface area (Å²) >= 11 is 0. The molecule has 0 bridgehead atoms. The largest absolute Gasteiger partial charge is 0.454 e. The zero-order chi connectivity index (χ0) is 18.7. The van der Waals surface area contributed by atoms with Gasteiger partial charge in [-0.3, -0.25) is 4.79 Å². The molecule has 0 aromatic heterocycles. The molecule has 1 heterocycles. The topological polar surface area (TPSA) is 84.9 Å². The Hall–Kier alpha value is -2.58. The maximum absolute atomic E-state index is 12.8. The van der Waals surface area contributed by atoms with Crippen molar-refractivity contribution in [2.45, 2.75) is 12.6 Å². The molecule has 1 amide bonds. The number of benzene rings is 2. The summed E-state index contributed by atoms with van der Waals surface area (Å²) in [5.74, 6) is 0.894. The molecule has 2 aromatic carbocycles. The third-order valence-corrected chi connectivity index (χ3v) is 5.41. The van der Waals surface area contributed by atoms with Crippen LogP contribution in [-0.4, -0.2) is 38.7 Å². The summed E-state index contributed by atoms with van der Waals surface area (Å²) in [7, 11) is -2.15. The second-order valence-corrected chi connectivity index (χ2v) is 8.04. The molecular formula is C18H20N2O5S. The first-order valence-corrected chi connectivity index (χ1v) is 9.85. The van der Waals surface area contributed by atoms with E-state index in [9.17, 15) is 13.2 Å². The summed E-state index contributed by atoms with van der Waals surface area (Å²) in [6.07, 6.45) is 1.08. The molecule has 1 unspecified atom stereocenters. The van der Waals surface area contributed by atoms with E-state index in [0.29, 0.717) is 17.1 Å². The van der Waals surface area contributed by atoms with Crippen LogP contribution in [0.3, 0.4) is 0 Å². The van der Waals surface area contributed by atoms with Crippen molar-refractivity contribution in [2.24, 2.45) is 0 Å². The second-order valence-electron chi connectivity index (χ2n) is 6.00. The number of likely N-dealkylation sites (N-methyl/N-ethyl adjacent to an activating group) is 1. The van der Waals surface area contributed by atoms with Crippen LogP contribution in [0.2, 0.25) is 0 Å². The molecule has 0 fully saturated rings. The Labute approximate surface area is 152 Å². The summed E-state index contributed by atoms with van der Waals surface area (Å²) in [5, 5.41) is 2.80. The van der Waals surface area contributed by atoms with E-state index < -0.39 is 22.0 Å². The van der Waals surface area contributed by atoms with E-state index in [4.69, 9.17) is 9.47 Å². The summed E-state index contributed by atoms with van der Waals surface area (Å²) in [4.78, 5) is 12.8. The zero-order valence-electron chi connectivity index (χ0n) is 14.5. The Kier molecular flexibility index (Phi) is 5.15. The van der Waals surface area contributed by atoms with Crippen molar-refractivity contribution < 1.29 is 22.7 Å². The molecule has 1 aliphatic rings. The van der Waals surface area contributed by atoms with E-state index in [0.717, 1.165) is 16.1 Å². The molecule has 0 radical (unpaired) electrons. The van der Waals surface area contributed by atoms with E-state index in [1.54, 1.807) is 36.4 Å². The number of carbonyl (C=O) groups is 1. The first kappa shape index (κ1) is 18.2. The van der Waals surface area contributed by atoms with Crippen molar-refractivity contribution >= 4 is 15.9 Å². The fourth-order valence-electron chi connectivity index (χ4n) is 2.69. The van der Waals surface area contributed by atoms with Gasteiger partial charge < -0.3 is 14.8 Å². The average molecular weight is 376 g/mol. The van der Waals surface area contributed by atoms with Gasteiger partial charge in [0.05, 0.1) is 6.26 Å². The van der Waals surface area contributed by atoms with Crippen LogP contribution in [0.4, 0.5) is 0 Å². The molecule has 26 heavy (non-hydrogen) atoms. The van der Waals surface area contributed by atoms with Gasteiger partial charge in [0.1, 0.15) is 6.04 Å². The highest BCUT2D eigenvalue weighted by Crippen LogP contribution is 2.32. The quantitative estimate of drug-likeness (QED) is 0.829. The molecule has 0 saturated carbocycles. The normalized spacial score (nSPS) is 14.3. The smallest absolute Gasteiger partial charge is 0.243 e. The van der Waals surface area contributed by atoms with Crippen LogP contribution in [0, 0.1) is 0 Å². The minimum Gasteiger partial charge on any atom is -0.454 e. The van der Waals surface area contributed by atoms with Gasteiger partial charge in [0.25, 0.3) is 0 Å². The average Bonchev–Trinajstić information content (AvgIpc) is 3.08. The van der Waals surface area contributed by atoms with Crippen LogP contribution in [0.1, 0.15) is 17.2 Å². The molecule has 1 atom stereocenters. The van der Waals surface area contributed by atoms with Crippen LogP contribution < -0.4 is 14.8 Å². The van der Waals surface area contributed by atoms with Crippen LogP contribution in [0.15, 0.2) is 48.5 Å². The Morgan fingerprint density at radius 2 is 1.85 bits per heavy atom. The number of hydrogen-bond donors (Lipinski definition) is 1. The van der Waals surface area contributed by atoms with Crippen molar-refractivity contribution in [3.8, 4) is 11.5 Å². The van der Waals surface area contributed by atoms with Crippen LogP contribution in [-0.2, 0) is 21.4 Å². The summed E-state index contributed by atoms with van der Waals surface area (Å²) in [6, 6.07) is 13.3. The highest BCUT2D eigenvalue weighted by Gasteiger charge is 2.30. The highest BCUT2D eigenvalue weighted by atomic mass is 32.2. The zero-order valence-corrected chi connectivity index (χ0v) is 15.3. The molecule has 8 heteroatoms. The van der Waals surface area contributed by atoms with Crippen molar-refractivity contribution in [1.29, 1.82) is 0 Å². The predicted molar refractivity (Wildman–Crippen MR) is 96.2 cm³/mol. The molecule has 0 aliphatic carbocycles. The third-order valence-electron chi connectivity index (χ3n) is 4.15. The van der Waals surface area contributed by atoms with Gasteiger partial charge in [0.2, 0.25) is 22.7 Å². The Morgan fingerprint density at radius 1 is 1.15 bits per heavy atom. The van der Waals surface area contributed by atoms with E-state index in [2.05, 4.69) is 5.32 Å². The third kappa shape index (κ3) is 3.97. The van der Waals surface area contributed by atoms with Gasteiger partial charge in [-0.25, -0.2) is 8.42 Å². The number of carbonyl (C=O) groups excluding carboxylic acids is 1. The van der Waals surface area contributed by atoms with Gasteiger partial charge in [-0.2, -0.15) is 4.31 Å². The Morgan fingerprint density at radius 3 is 2.54 bits per heavy atom. The molecule has 0 spiro atoms. The van der Waals surface area contributed by atoms with Crippen LogP contribution in [0.25, 0.3) is 0 Å². The standard InChI is InChI=1S/C18H20N2O5S/c1-20(26(2,22)23)17(14-6-4-3-5-7-14)18(21)19-11-13-8-9-15-16(10-13)25-12-24-15/h3-10,17H,11-12H2,1-2H3,(H,19,21). The number of amides is 1. The van der Waals surface area contributed by atoms with E-state index in [1.807, 2.05) is 12.1 Å². The van der Waals surface area contributed by atoms with Crippen LogP contribution >= 0.6 is 0 Å². The lowest BCUT2D eigenvalue weighted by Gasteiger charge is -2.25. The summed E-state index contributed by atoms with van der Waals surface area (Å²) in [6.45, 7) is 0.427. The molecule has 7 nitrogen and oxygen atoms in total. The fourth-order valence-corrected chi connectivity index (χ4v) is 3.29. The molecule has 138 valence electrons. The Bertz CT molecular complexity index is 899. The van der Waals surface area contributed by atoms with Gasteiger partial charge in [-0.05, 0) is 23.3 Å². The van der Waals surface area contributed by atoms with Crippen molar-refractivity contribution in [3.63, 3.8) is 0 Å². The van der Waals surface area contributed by atoms with Gasteiger partial charge in [-0.1, -0.05) is 36.4 Å². The number of nitrogens with zero attached hydrogens (tertiary/aromatic N) is 1. The van der Waals surface area contributed by atoms with Crippen LogP contribution in [0.5, 0.6) is 11.5 Å². The SMILES string of the molecule is CN(C(C(=O)NCc1ccc2c(c1)OCO2)c1ccccc1)S(C)(=O)=O. The minimum atomic E-state index is -3.55. The predicted octanol–water partition coefficient (Wildman–Crippen LogP) is 1.66. The van der Waals surface area contributed by atoms with E-state index >= 15 is 0 Å². The lowest BCUT2D eigenvalue weighted by molar-refractivity contribution is -0.124. The van der Waals surface area contributed by atoms with Gasteiger partial charge >= 0.3 is 0 Å². The van der Waals surface area contributed by atoms with E-state index in [1.165, 1.54) is 7.05 Å². The lowest BCUT2D eigenvalue weighted by Crippen LogP contribution is -2.41. The first-order valence-electron chi connectivity index (χ1n) is 8.00. The number of fused-ring (bicyclic) bond motifs is 1. The van der Waals surface area contributed by atoms with Gasteiger partial charge in [0, 0.05) is 13.6 Å². The van der Waals surface area contributed by atoms with Gasteiger partial charge in [-0.15, -0.1) is 0 Å². The maximum atomic E-state index is 12.8.